The Balaban J connectivity index is 1.62. The van der Waals surface area contributed by atoms with Gasteiger partial charge in [0.05, 0.1) is 12.0 Å². The summed E-state index contributed by atoms with van der Waals surface area (Å²) in [6.07, 6.45) is 5.12. The zero-order valence-electron chi connectivity index (χ0n) is 20.8. The van der Waals surface area contributed by atoms with E-state index in [1.807, 2.05) is 44.2 Å². The van der Waals surface area contributed by atoms with Crippen molar-refractivity contribution < 1.29 is 14.4 Å². The molecule has 1 aliphatic rings. The quantitative estimate of drug-likeness (QED) is 0.491. The van der Waals surface area contributed by atoms with E-state index in [-0.39, 0.29) is 18.4 Å². The van der Waals surface area contributed by atoms with Gasteiger partial charge in [-0.1, -0.05) is 44.2 Å². The second kappa shape index (κ2) is 10.2. The number of nitrogen functional groups attached to an aromatic ring is 1. The topological polar surface area (TPSA) is 126 Å². The van der Waals surface area contributed by atoms with Crippen molar-refractivity contribution in [2.45, 2.75) is 32.4 Å². The highest BCUT2D eigenvalue weighted by Crippen LogP contribution is 2.33. The van der Waals surface area contributed by atoms with Crippen molar-refractivity contribution in [3.8, 4) is 0 Å². The Morgan fingerprint density at radius 3 is 2.47 bits per heavy atom. The van der Waals surface area contributed by atoms with Crippen LogP contribution in [-0.2, 0) is 23.1 Å². The third-order valence-electron chi connectivity index (χ3n) is 6.52. The van der Waals surface area contributed by atoms with Crippen molar-refractivity contribution in [3.63, 3.8) is 0 Å². The van der Waals surface area contributed by atoms with E-state index in [4.69, 9.17) is 5.73 Å². The number of likely N-dealkylation sites (tertiary alicyclic amines) is 1. The molecule has 3 aromatic rings. The van der Waals surface area contributed by atoms with Crippen LogP contribution in [0.3, 0.4) is 0 Å². The molecule has 0 saturated carbocycles. The maximum absolute atomic E-state index is 13.7. The third kappa shape index (κ3) is 4.79. The van der Waals surface area contributed by atoms with Crippen LogP contribution in [0, 0.1) is 11.8 Å². The Morgan fingerprint density at radius 1 is 1.14 bits per heavy atom. The first-order chi connectivity index (χ1) is 17.2. The lowest BCUT2D eigenvalue weighted by molar-refractivity contribution is -0.156. The van der Waals surface area contributed by atoms with Crippen LogP contribution in [0.1, 0.15) is 31.0 Å². The molecular formula is C26H31N7O3. The number of amides is 4. The largest absolute Gasteiger partial charge is 0.384 e. The number of nitrogens with one attached hydrogen (secondary N) is 1. The number of pyridine rings is 1. The molecule has 0 spiro atoms. The van der Waals surface area contributed by atoms with Gasteiger partial charge in [0, 0.05) is 32.7 Å². The summed E-state index contributed by atoms with van der Waals surface area (Å²) in [6, 6.07) is 11.1. The number of hydrogen-bond donors (Lipinski definition) is 2. The molecule has 1 aromatic carbocycles. The van der Waals surface area contributed by atoms with Crippen molar-refractivity contribution >= 4 is 29.6 Å². The number of benzene rings is 1. The summed E-state index contributed by atoms with van der Waals surface area (Å²) in [7, 11) is 3.36. The first-order valence-electron chi connectivity index (χ1n) is 11.8. The normalized spacial score (nSPS) is 18.0. The minimum absolute atomic E-state index is 0.0627. The fourth-order valence-corrected chi connectivity index (χ4v) is 4.61. The summed E-state index contributed by atoms with van der Waals surface area (Å²) in [5.74, 6) is -0.730. The van der Waals surface area contributed by atoms with Crippen LogP contribution in [0.5, 0.6) is 0 Å². The van der Waals surface area contributed by atoms with Crippen LogP contribution < -0.4 is 16.0 Å². The van der Waals surface area contributed by atoms with Crippen molar-refractivity contribution in [3.05, 3.63) is 72.2 Å². The Hall–Kier alpha value is -4.21. The summed E-state index contributed by atoms with van der Waals surface area (Å²) in [5.41, 5.74) is 7.50. The van der Waals surface area contributed by atoms with Crippen LogP contribution in [0.4, 0.5) is 16.6 Å². The van der Waals surface area contributed by atoms with E-state index in [0.29, 0.717) is 11.8 Å². The smallest absolute Gasteiger partial charge is 0.325 e. The molecule has 0 bridgehead atoms. The van der Waals surface area contributed by atoms with Gasteiger partial charge >= 0.3 is 6.03 Å². The minimum Gasteiger partial charge on any atom is -0.384 e. The number of urea groups is 1. The van der Waals surface area contributed by atoms with Crippen LogP contribution in [0.15, 0.2) is 61.1 Å². The number of rotatable bonds is 7. The second-order valence-electron chi connectivity index (χ2n) is 9.37. The van der Waals surface area contributed by atoms with Gasteiger partial charge in [-0.2, -0.15) is 0 Å². The molecule has 1 fully saturated rings. The average Bonchev–Trinajstić information content (AvgIpc) is 3.29. The number of β-lactam (4-membered cyclic amide) rings is 1. The summed E-state index contributed by atoms with van der Waals surface area (Å²) >= 11 is 0. The van der Waals surface area contributed by atoms with Crippen molar-refractivity contribution in [1.29, 1.82) is 0 Å². The number of carbonyl (C=O) groups excluding carboxylic acids is 3. The monoisotopic (exact) mass is 489 g/mol. The molecule has 4 rings (SSSR count). The highest BCUT2D eigenvalue weighted by Gasteiger charge is 2.55. The van der Waals surface area contributed by atoms with Crippen LogP contribution in [0.25, 0.3) is 0 Å². The first kappa shape index (κ1) is 24.9. The standard InChI is InChI=1S/C26H31N7O3/c1-16(2)21(18-8-6-5-7-9-18)30-26(36)33-22(24(35)32(4)25-29-12-13-31(25)3)19(23(33)34)14-17-10-11-28-20(27)15-17/h5-13,15-16,19,21-22H,14H2,1-4H3,(H2,27,28)(H,30,36)/t19?,21-,22+/m1/s1. The molecule has 4 amide bonds. The molecule has 0 radical (unpaired) electrons. The maximum Gasteiger partial charge on any atom is 0.325 e. The number of likely N-dealkylation sites (N-methyl/N-ethyl adjacent to an activating group) is 1. The molecule has 3 atom stereocenters. The third-order valence-corrected chi connectivity index (χ3v) is 6.52. The molecule has 10 heteroatoms. The predicted octanol–water partition coefficient (Wildman–Crippen LogP) is 2.54. The molecule has 2 aromatic heterocycles. The second-order valence-corrected chi connectivity index (χ2v) is 9.37. The average molecular weight is 490 g/mol. The van der Waals surface area contributed by atoms with Gasteiger partial charge in [0.15, 0.2) is 0 Å². The Bertz CT molecular complexity index is 1260. The number of nitrogens with two attached hydrogens (primary N) is 1. The predicted molar refractivity (Wildman–Crippen MR) is 136 cm³/mol. The zero-order valence-corrected chi connectivity index (χ0v) is 20.8. The number of nitrogens with zero attached hydrogens (tertiary/aromatic N) is 5. The fourth-order valence-electron chi connectivity index (χ4n) is 4.61. The van der Waals surface area contributed by atoms with Gasteiger partial charge in [-0.15, -0.1) is 0 Å². The highest BCUT2D eigenvalue weighted by molar-refractivity contribution is 6.12. The van der Waals surface area contributed by atoms with E-state index >= 15 is 0 Å². The van der Waals surface area contributed by atoms with Gasteiger partial charge in [0.2, 0.25) is 11.9 Å². The maximum atomic E-state index is 13.7. The molecule has 10 nitrogen and oxygen atoms in total. The summed E-state index contributed by atoms with van der Waals surface area (Å²) < 4.78 is 1.70. The summed E-state index contributed by atoms with van der Waals surface area (Å²) in [4.78, 5) is 51.0. The fraction of sp³-hybridized carbons (Fsp3) is 0.346. The van der Waals surface area contributed by atoms with E-state index in [0.717, 1.165) is 16.0 Å². The number of anilines is 2. The van der Waals surface area contributed by atoms with Gasteiger partial charge < -0.3 is 15.6 Å². The number of aryl methyl sites for hydroxylation is 1. The number of imidazole rings is 1. The molecule has 1 unspecified atom stereocenters. The molecule has 1 aliphatic heterocycles. The van der Waals surface area contributed by atoms with E-state index < -0.39 is 29.8 Å². The van der Waals surface area contributed by atoms with Gasteiger partial charge in [-0.25, -0.2) is 14.8 Å². The molecule has 0 aliphatic carbocycles. The van der Waals surface area contributed by atoms with Gasteiger partial charge in [-0.05, 0) is 35.6 Å². The molecule has 3 heterocycles. The Kier molecular flexibility index (Phi) is 7.05. The first-order valence-corrected chi connectivity index (χ1v) is 11.8. The molecule has 1 saturated heterocycles. The van der Waals surface area contributed by atoms with Gasteiger partial charge in [0.1, 0.15) is 11.9 Å². The SMILES string of the molecule is CC(C)[C@@H](NC(=O)N1C(=O)C(Cc2ccnc(N)c2)[C@H]1C(=O)N(C)c1nccn1C)c1ccccc1. The minimum atomic E-state index is -0.989. The Labute approximate surface area is 210 Å². The molecular weight excluding hydrogens is 458 g/mol. The van der Waals surface area contributed by atoms with Crippen molar-refractivity contribution in [1.82, 2.24) is 24.8 Å². The lowest BCUT2D eigenvalue weighted by atomic mass is 9.81. The lowest BCUT2D eigenvalue weighted by Crippen LogP contribution is -2.70. The van der Waals surface area contributed by atoms with E-state index in [2.05, 4.69) is 15.3 Å². The van der Waals surface area contributed by atoms with Crippen molar-refractivity contribution in [2.75, 3.05) is 17.7 Å². The highest BCUT2D eigenvalue weighted by atomic mass is 16.2. The molecule has 3 N–H and O–H groups in total. The Morgan fingerprint density at radius 2 is 1.86 bits per heavy atom. The van der Waals surface area contributed by atoms with E-state index in [1.165, 1.54) is 4.90 Å². The van der Waals surface area contributed by atoms with Crippen molar-refractivity contribution in [2.24, 2.45) is 18.9 Å². The van der Waals surface area contributed by atoms with Crippen LogP contribution in [-0.4, -0.2) is 50.4 Å². The molecule has 188 valence electrons. The number of aromatic nitrogens is 3. The zero-order chi connectivity index (χ0) is 26.0. The van der Waals surface area contributed by atoms with Crippen LogP contribution >= 0.6 is 0 Å². The van der Waals surface area contributed by atoms with Gasteiger partial charge in [-0.3, -0.25) is 19.4 Å². The number of carbonyl (C=O) groups is 3. The van der Waals surface area contributed by atoms with Crippen LogP contribution in [0.2, 0.25) is 0 Å². The van der Waals surface area contributed by atoms with Gasteiger partial charge in [0.25, 0.3) is 5.91 Å². The number of hydrogen-bond acceptors (Lipinski definition) is 6. The summed E-state index contributed by atoms with van der Waals surface area (Å²) in [6.45, 7) is 3.98. The van der Waals surface area contributed by atoms with E-state index in [1.54, 1.807) is 49.4 Å². The van der Waals surface area contributed by atoms with E-state index in [9.17, 15) is 14.4 Å². The summed E-state index contributed by atoms with van der Waals surface area (Å²) in [5, 5.41) is 2.97. The lowest BCUT2D eigenvalue weighted by Gasteiger charge is -2.46. The molecule has 36 heavy (non-hydrogen) atoms. The number of imide groups is 1.